The third-order valence-corrected chi connectivity index (χ3v) is 9.35. The maximum absolute atomic E-state index is 13.7. The van der Waals surface area contributed by atoms with Gasteiger partial charge in [-0.05, 0) is 71.8 Å². The molecular formula is C26H29ClN2O4S2. The van der Waals surface area contributed by atoms with Crippen molar-refractivity contribution in [3.05, 3.63) is 81.0 Å². The summed E-state index contributed by atoms with van der Waals surface area (Å²) in [6.45, 7) is 2.60. The van der Waals surface area contributed by atoms with Gasteiger partial charge < -0.3 is 9.64 Å². The van der Waals surface area contributed by atoms with Gasteiger partial charge in [0.15, 0.2) is 0 Å². The lowest BCUT2D eigenvalue weighted by Gasteiger charge is -2.37. The number of sulfonamides is 1. The van der Waals surface area contributed by atoms with Crippen LogP contribution in [0.2, 0.25) is 5.02 Å². The maximum Gasteiger partial charge on any atom is 0.243 e. The number of rotatable bonds is 9. The Morgan fingerprint density at radius 3 is 2.51 bits per heavy atom. The second-order valence-corrected chi connectivity index (χ2v) is 11.8. The van der Waals surface area contributed by atoms with Crippen LogP contribution in [0.1, 0.15) is 41.8 Å². The first-order chi connectivity index (χ1) is 16.8. The van der Waals surface area contributed by atoms with Crippen molar-refractivity contribution in [1.29, 1.82) is 0 Å². The Kier molecular flexibility index (Phi) is 8.16. The van der Waals surface area contributed by atoms with Crippen LogP contribution in [0.5, 0.6) is 5.75 Å². The van der Waals surface area contributed by atoms with Gasteiger partial charge in [0.1, 0.15) is 5.75 Å². The molecule has 1 aliphatic heterocycles. The second-order valence-electron chi connectivity index (χ2n) is 8.46. The normalized spacial score (nSPS) is 15.8. The lowest BCUT2D eigenvalue weighted by atomic mass is 9.93. The van der Waals surface area contributed by atoms with Crippen molar-refractivity contribution in [1.82, 2.24) is 9.21 Å². The van der Waals surface area contributed by atoms with Crippen LogP contribution in [0, 0.1) is 0 Å². The first-order valence-electron chi connectivity index (χ1n) is 11.6. The highest BCUT2D eigenvalue weighted by Crippen LogP contribution is 2.38. The number of halogens is 1. The predicted molar refractivity (Wildman–Crippen MR) is 140 cm³/mol. The molecular weight excluding hydrogens is 504 g/mol. The average molecular weight is 533 g/mol. The van der Waals surface area contributed by atoms with Gasteiger partial charge in [-0.2, -0.15) is 4.31 Å². The number of unbranched alkanes of at least 4 members (excludes halogenated alkanes) is 1. The number of carbonyl (C=O) groups is 1. The van der Waals surface area contributed by atoms with Crippen molar-refractivity contribution in [3.63, 3.8) is 0 Å². The van der Waals surface area contributed by atoms with Gasteiger partial charge >= 0.3 is 0 Å². The quantitative estimate of drug-likeness (QED) is 0.371. The van der Waals surface area contributed by atoms with Gasteiger partial charge in [0.2, 0.25) is 15.9 Å². The zero-order chi connectivity index (χ0) is 25.0. The number of thiophene rings is 1. The van der Waals surface area contributed by atoms with E-state index >= 15 is 0 Å². The number of fused-ring (bicyclic) bond motifs is 1. The van der Waals surface area contributed by atoms with Crippen molar-refractivity contribution in [2.45, 2.75) is 37.1 Å². The Bertz CT molecular complexity index is 1260. The van der Waals surface area contributed by atoms with Crippen molar-refractivity contribution < 1.29 is 17.9 Å². The van der Waals surface area contributed by atoms with E-state index in [9.17, 15) is 13.2 Å². The molecule has 1 amide bonds. The first kappa shape index (κ1) is 25.7. The Balaban J connectivity index is 1.64. The number of benzene rings is 2. The highest BCUT2D eigenvalue weighted by atomic mass is 35.5. The smallest absolute Gasteiger partial charge is 0.243 e. The summed E-state index contributed by atoms with van der Waals surface area (Å²) in [6.07, 6.45) is 2.23. The molecule has 1 aromatic heterocycles. The van der Waals surface area contributed by atoms with Crippen molar-refractivity contribution in [2.75, 3.05) is 26.7 Å². The van der Waals surface area contributed by atoms with Gasteiger partial charge in [-0.1, -0.05) is 37.1 Å². The monoisotopic (exact) mass is 532 g/mol. The number of carbonyl (C=O) groups excluding carboxylic acids is 1. The second kappa shape index (κ2) is 11.1. The SMILES string of the molecule is CCCCN(CC(=O)N1CCc2sccc2C1c1ccc(OC)cc1)S(=O)(=O)c1ccc(Cl)cc1. The van der Waals surface area contributed by atoms with Crippen LogP contribution in [0.4, 0.5) is 0 Å². The fourth-order valence-electron chi connectivity index (χ4n) is 4.35. The largest absolute Gasteiger partial charge is 0.497 e. The molecule has 0 fully saturated rings. The molecule has 3 aromatic rings. The Morgan fingerprint density at radius 2 is 1.86 bits per heavy atom. The molecule has 1 atom stereocenters. The fraction of sp³-hybridized carbons (Fsp3) is 0.346. The number of hydrogen-bond acceptors (Lipinski definition) is 5. The van der Waals surface area contributed by atoms with Gasteiger partial charge in [0.05, 0.1) is 24.6 Å². The van der Waals surface area contributed by atoms with E-state index in [4.69, 9.17) is 16.3 Å². The maximum atomic E-state index is 13.7. The van der Waals surface area contributed by atoms with Gasteiger partial charge in [-0.3, -0.25) is 4.79 Å². The van der Waals surface area contributed by atoms with Crippen LogP contribution < -0.4 is 4.74 Å². The van der Waals surface area contributed by atoms with E-state index in [0.717, 1.165) is 29.7 Å². The molecule has 2 heterocycles. The lowest BCUT2D eigenvalue weighted by molar-refractivity contribution is -0.133. The summed E-state index contributed by atoms with van der Waals surface area (Å²) in [4.78, 5) is 16.9. The van der Waals surface area contributed by atoms with E-state index in [2.05, 4.69) is 6.07 Å². The minimum atomic E-state index is -3.85. The van der Waals surface area contributed by atoms with Gasteiger partial charge in [-0.25, -0.2) is 8.42 Å². The summed E-state index contributed by atoms with van der Waals surface area (Å²) in [7, 11) is -2.23. The summed E-state index contributed by atoms with van der Waals surface area (Å²) in [5.41, 5.74) is 2.07. The van der Waals surface area contributed by atoms with Crippen molar-refractivity contribution >= 4 is 38.9 Å². The average Bonchev–Trinajstić information content (AvgIpc) is 3.35. The molecule has 0 N–H and O–H groups in total. The molecule has 1 aliphatic rings. The third kappa shape index (κ3) is 5.56. The molecule has 0 bridgehead atoms. The Hall–Kier alpha value is -2.39. The summed E-state index contributed by atoms with van der Waals surface area (Å²) >= 11 is 7.65. The van der Waals surface area contributed by atoms with Crippen LogP contribution in [-0.2, 0) is 21.2 Å². The highest BCUT2D eigenvalue weighted by Gasteiger charge is 2.35. The van der Waals surface area contributed by atoms with Crippen LogP contribution >= 0.6 is 22.9 Å². The van der Waals surface area contributed by atoms with Crippen LogP contribution in [0.25, 0.3) is 0 Å². The first-order valence-corrected chi connectivity index (χ1v) is 14.3. The Morgan fingerprint density at radius 1 is 1.14 bits per heavy atom. The van der Waals surface area contributed by atoms with Crippen LogP contribution in [-0.4, -0.2) is 50.3 Å². The molecule has 2 aromatic carbocycles. The predicted octanol–water partition coefficient (Wildman–Crippen LogP) is 5.38. The van der Waals surface area contributed by atoms with E-state index in [1.165, 1.54) is 21.3 Å². The van der Waals surface area contributed by atoms with E-state index in [0.29, 0.717) is 18.0 Å². The third-order valence-electron chi connectivity index (χ3n) is 6.24. The molecule has 35 heavy (non-hydrogen) atoms. The molecule has 0 spiro atoms. The zero-order valence-electron chi connectivity index (χ0n) is 19.8. The minimum absolute atomic E-state index is 0.135. The molecule has 0 saturated heterocycles. The molecule has 9 heteroatoms. The van der Waals surface area contributed by atoms with Gasteiger partial charge in [0, 0.05) is 23.0 Å². The topological polar surface area (TPSA) is 66.9 Å². The summed E-state index contributed by atoms with van der Waals surface area (Å²) in [5.74, 6) is 0.532. The van der Waals surface area contributed by atoms with Gasteiger partial charge in [0.25, 0.3) is 0 Å². The van der Waals surface area contributed by atoms with Gasteiger partial charge in [-0.15, -0.1) is 11.3 Å². The highest BCUT2D eigenvalue weighted by molar-refractivity contribution is 7.89. The van der Waals surface area contributed by atoms with E-state index in [-0.39, 0.29) is 29.9 Å². The standard InChI is InChI=1S/C26H29ClN2O4S2/c1-3-4-15-28(35(31,32)22-11-7-20(27)8-12-22)18-25(30)29-16-13-24-23(14-17-34-24)26(29)19-5-9-21(33-2)10-6-19/h5-12,14,17,26H,3-4,13,15-16,18H2,1-2H3. The molecule has 6 nitrogen and oxygen atoms in total. The molecule has 4 rings (SSSR count). The number of amides is 1. The Labute approximate surface area is 216 Å². The molecule has 0 aliphatic carbocycles. The molecule has 0 saturated carbocycles. The summed E-state index contributed by atoms with van der Waals surface area (Å²) in [6, 6.07) is 15.6. The van der Waals surface area contributed by atoms with Crippen LogP contribution in [0.15, 0.2) is 64.9 Å². The fourth-order valence-corrected chi connectivity index (χ4v) is 6.80. The van der Waals surface area contributed by atoms with E-state index in [1.807, 2.05) is 41.5 Å². The summed E-state index contributed by atoms with van der Waals surface area (Å²) < 4.78 is 33.5. The van der Waals surface area contributed by atoms with E-state index < -0.39 is 10.0 Å². The molecule has 1 unspecified atom stereocenters. The van der Waals surface area contributed by atoms with Crippen molar-refractivity contribution in [2.24, 2.45) is 0 Å². The number of nitrogens with zero attached hydrogens (tertiary/aromatic N) is 2. The van der Waals surface area contributed by atoms with E-state index in [1.54, 1.807) is 30.6 Å². The molecule has 186 valence electrons. The lowest BCUT2D eigenvalue weighted by Crippen LogP contribution is -2.47. The number of ether oxygens (including phenoxy) is 1. The summed E-state index contributed by atoms with van der Waals surface area (Å²) in [5, 5.41) is 2.51. The zero-order valence-corrected chi connectivity index (χ0v) is 22.2. The molecule has 0 radical (unpaired) electrons. The van der Waals surface area contributed by atoms with Crippen molar-refractivity contribution in [3.8, 4) is 5.75 Å². The number of methoxy groups -OCH3 is 1. The minimum Gasteiger partial charge on any atom is -0.497 e. The number of hydrogen-bond donors (Lipinski definition) is 0. The van der Waals surface area contributed by atoms with Crippen LogP contribution in [0.3, 0.4) is 0 Å².